The molecule has 88 valence electrons. The molecule has 0 unspecified atom stereocenters. The Bertz CT molecular complexity index is 237. The topological polar surface area (TPSA) is 86.8 Å². The standard InChI is InChI=1S/C10H20N2O3/c1-10(2,15)5-8-4-3-7(11)6-12(8)9(13)14/h7-8,15H,3-6,11H2,1-2H3,(H,13,14)/t7-,8-/m0/s1. The quantitative estimate of drug-likeness (QED) is 0.631. The van der Waals surface area contributed by atoms with E-state index < -0.39 is 11.7 Å². The van der Waals surface area contributed by atoms with Crippen molar-refractivity contribution in [3.8, 4) is 0 Å². The number of piperidine rings is 1. The highest BCUT2D eigenvalue weighted by Crippen LogP contribution is 2.24. The molecule has 1 rings (SSSR count). The summed E-state index contributed by atoms with van der Waals surface area (Å²) in [5, 5.41) is 18.7. The van der Waals surface area contributed by atoms with Crippen LogP contribution in [0.1, 0.15) is 33.1 Å². The van der Waals surface area contributed by atoms with E-state index in [2.05, 4.69) is 0 Å². The van der Waals surface area contributed by atoms with Crippen molar-refractivity contribution in [2.75, 3.05) is 6.54 Å². The van der Waals surface area contributed by atoms with Crippen LogP contribution in [-0.4, -0.2) is 45.4 Å². The van der Waals surface area contributed by atoms with Crippen LogP contribution in [0.4, 0.5) is 4.79 Å². The molecule has 4 N–H and O–H groups in total. The molecule has 0 bridgehead atoms. The zero-order chi connectivity index (χ0) is 11.6. The van der Waals surface area contributed by atoms with Gasteiger partial charge in [0.15, 0.2) is 0 Å². The van der Waals surface area contributed by atoms with Gasteiger partial charge in [-0.15, -0.1) is 0 Å². The molecule has 5 nitrogen and oxygen atoms in total. The molecule has 0 aromatic heterocycles. The average Bonchev–Trinajstić information content (AvgIpc) is 2.05. The van der Waals surface area contributed by atoms with Crippen molar-refractivity contribution in [1.82, 2.24) is 4.90 Å². The first-order chi connectivity index (χ1) is 6.79. The predicted octanol–water partition coefficient (Wildman–Crippen LogP) is 0.617. The van der Waals surface area contributed by atoms with E-state index in [9.17, 15) is 9.90 Å². The Kier molecular flexibility index (Phi) is 3.57. The molecule has 2 atom stereocenters. The summed E-state index contributed by atoms with van der Waals surface area (Å²) in [6, 6.07) is -0.179. The highest BCUT2D eigenvalue weighted by atomic mass is 16.4. The second kappa shape index (κ2) is 4.37. The third kappa shape index (κ3) is 3.68. The van der Waals surface area contributed by atoms with Crippen molar-refractivity contribution in [2.24, 2.45) is 5.73 Å². The highest BCUT2D eigenvalue weighted by Gasteiger charge is 2.33. The number of carboxylic acid groups (broad SMARTS) is 1. The number of likely N-dealkylation sites (tertiary alicyclic amines) is 1. The number of nitrogens with two attached hydrogens (primary N) is 1. The van der Waals surface area contributed by atoms with Crippen molar-refractivity contribution >= 4 is 6.09 Å². The molecule has 0 aliphatic carbocycles. The lowest BCUT2D eigenvalue weighted by Gasteiger charge is -2.39. The van der Waals surface area contributed by atoms with E-state index in [0.717, 1.165) is 12.8 Å². The molecular formula is C10H20N2O3. The van der Waals surface area contributed by atoms with Gasteiger partial charge in [0.1, 0.15) is 0 Å². The molecule has 1 amide bonds. The molecule has 0 radical (unpaired) electrons. The zero-order valence-electron chi connectivity index (χ0n) is 9.31. The van der Waals surface area contributed by atoms with Gasteiger partial charge < -0.3 is 20.8 Å². The number of amides is 1. The molecule has 1 aliphatic heterocycles. The van der Waals surface area contributed by atoms with E-state index in [4.69, 9.17) is 10.8 Å². The molecule has 15 heavy (non-hydrogen) atoms. The van der Waals surface area contributed by atoms with E-state index in [1.807, 2.05) is 0 Å². The van der Waals surface area contributed by atoms with Crippen LogP contribution in [0.2, 0.25) is 0 Å². The van der Waals surface area contributed by atoms with Gasteiger partial charge in [0, 0.05) is 18.6 Å². The third-order valence-electron chi connectivity index (χ3n) is 2.72. The van der Waals surface area contributed by atoms with Crippen LogP contribution >= 0.6 is 0 Å². The summed E-state index contributed by atoms with van der Waals surface area (Å²) in [6.07, 6.45) is 1.08. The van der Waals surface area contributed by atoms with E-state index in [1.165, 1.54) is 4.90 Å². The molecule has 1 saturated heterocycles. The molecule has 0 aromatic rings. The maximum Gasteiger partial charge on any atom is 0.407 e. The Balaban J connectivity index is 2.65. The van der Waals surface area contributed by atoms with Gasteiger partial charge in [0.25, 0.3) is 0 Å². The van der Waals surface area contributed by atoms with Crippen molar-refractivity contribution in [1.29, 1.82) is 0 Å². The fraction of sp³-hybridized carbons (Fsp3) is 0.900. The van der Waals surface area contributed by atoms with Crippen molar-refractivity contribution < 1.29 is 15.0 Å². The van der Waals surface area contributed by atoms with Gasteiger partial charge in [-0.2, -0.15) is 0 Å². The molecule has 0 saturated carbocycles. The minimum atomic E-state index is -0.945. The van der Waals surface area contributed by atoms with E-state index in [0.29, 0.717) is 13.0 Å². The first kappa shape index (κ1) is 12.3. The minimum Gasteiger partial charge on any atom is -0.465 e. The van der Waals surface area contributed by atoms with Gasteiger partial charge in [0.05, 0.1) is 5.60 Å². The van der Waals surface area contributed by atoms with Gasteiger partial charge in [-0.05, 0) is 33.1 Å². The fourth-order valence-corrected chi connectivity index (χ4v) is 2.08. The first-order valence-electron chi connectivity index (χ1n) is 5.27. The largest absolute Gasteiger partial charge is 0.465 e. The molecule has 1 aliphatic rings. The molecule has 0 spiro atoms. The Morgan fingerprint density at radius 3 is 2.60 bits per heavy atom. The number of rotatable bonds is 2. The van der Waals surface area contributed by atoms with E-state index in [-0.39, 0.29) is 12.1 Å². The van der Waals surface area contributed by atoms with Crippen LogP contribution in [0.25, 0.3) is 0 Å². The highest BCUT2D eigenvalue weighted by molar-refractivity contribution is 5.65. The second-order valence-corrected chi connectivity index (χ2v) is 4.94. The maximum atomic E-state index is 11.0. The number of aliphatic hydroxyl groups is 1. The molecule has 1 fully saturated rings. The summed E-state index contributed by atoms with van der Waals surface area (Å²) in [4.78, 5) is 12.3. The Morgan fingerprint density at radius 2 is 2.13 bits per heavy atom. The van der Waals surface area contributed by atoms with Crippen molar-refractivity contribution in [3.05, 3.63) is 0 Å². The predicted molar refractivity (Wildman–Crippen MR) is 56.6 cm³/mol. The summed E-state index contributed by atoms with van der Waals surface area (Å²) in [5.74, 6) is 0. The number of nitrogens with zero attached hydrogens (tertiary/aromatic N) is 1. The first-order valence-corrected chi connectivity index (χ1v) is 5.27. The van der Waals surface area contributed by atoms with Gasteiger partial charge in [-0.3, -0.25) is 0 Å². The monoisotopic (exact) mass is 216 g/mol. The summed E-state index contributed by atoms with van der Waals surface area (Å²) < 4.78 is 0. The summed E-state index contributed by atoms with van der Waals surface area (Å²) in [5.41, 5.74) is 4.89. The summed E-state index contributed by atoms with van der Waals surface area (Å²) in [6.45, 7) is 3.76. The Morgan fingerprint density at radius 1 is 1.53 bits per heavy atom. The minimum absolute atomic E-state index is 0.0702. The van der Waals surface area contributed by atoms with Gasteiger partial charge in [0.2, 0.25) is 0 Å². The number of hydrogen-bond donors (Lipinski definition) is 3. The Hall–Kier alpha value is -0.810. The maximum absolute atomic E-state index is 11.0. The number of carbonyl (C=O) groups is 1. The van der Waals surface area contributed by atoms with Gasteiger partial charge in [-0.25, -0.2) is 4.79 Å². The van der Waals surface area contributed by atoms with Crippen LogP contribution < -0.4 is 5.73 Å². The summed E-state index contributed by atoms with van der Waals surface area (Å²) in [7, 11) is 0. The SMILES string of the molecule is CC(C)(O)C[C@@H]1CC[C@H](N)CN1C(=O)O. The van der Waals surface area contributed by atoms with Crippen molar-refractivity contribution in [3.63, 3.8) is 0 Å². The van der Waals surface area contributed by atoms with Crippen LogP contribution in [0, 0.1) is 0 Å². The van der Waals surface area contributed by atoms with Gasteiger partial charge >= 0.3 is 6.09 Å². The van der Waals surface area contributed by atoms with Crippen LogP contribution in [0.15, 0.2) is 0 Å². The fourth-order valence-electron chi connectivity index (χ4n) is 2.08. The van der Waals surface area contributed by atoms with E-state index in [1.54, 1.807) is 13.8 Å². The average molecular weight is 216 g/mol. The van der Waals surface area contributed by atoms with Crippen LogP contribution in [-0.2, 0) is 0 Å². The lowest BCUT2D eigenvalue weighted by Crippen LogP contribution is -2.52. The second-order valence-electron chi connectivity index (χ2n) is 4.94. The van der Waals surface area contributed by atoms with Crippen LogP contribution in [0.5, 0.6) is 0 Å². The molecule has 5 heteroatoms. The molecular weight excluding hydrogens is 196 g/mol. The normalized spacial score (nSPS) is 27.9. The third-order valence-corrected chi connectivity index (χ3v) is 2.72. The zero-order valence-corrected chi connectivity index (χ0v) is 9.31. The van der Waals surface area contributed by atoms with Gasteiger partial charge in [-0.1, -0.05) is 0 Å². The molecule has 1 heterocycles. The van der Waals surface area contributed by atoms with Crippen LogP contribution in [0.3, 0.4) is 0 Å². The smallest absolute Gasteiger partial charge is 0.407 e. The van der Waals surface area contributed by atoms with E-state index >= 15 is 0 Å². The Labute approximate surface area is 89.9 Å². The molecule has 0 aromatic carbocycles. The lowest BCUT2D eigenvalue weighted by atomic mass is 9.90. The summed E-state index contributed by atoms with van der Waals surface area (Å²) >= 11 is 0. The lowest BCUT2D eigenvalue weighted by molar-refractivity contribution is 0.0220. The number of hydrogen-bond acceptors (Lipinski definition) is 3. The van der Waals surface area contributed by atoms with Crippen molar-refractivity contribution in [2.45, 2.75) is 50.8 Å².